The fraction of sp³-hybridized carbons (Fsp3) is 0.633. The molecule has 10 nitrogen and oxygen atoms in total. The lowest BCUT2D eigenvalue weighted by Crippen LogP contribution is -2.58. The third-order valence-corrected chi connectivity index (χ3v) is 8.52. The smallest absolute Gasteiger partial charge is 0.247 e. The van der Waals surface area contributed by atoms with Crippen molar-refractivity contribution in [2.24, 2.45) is 0 Å². The third kappa shape index (κ3) is 9.13. The van der Waals surface area contributed by atoms with Crippen LogP contribution < -0.4 is 14.8 Å². The molecule has 41 heavy (non-hydrogen) atoms. The molecule has 2 aliphatic rings. The van der Waals surface area contributed by atoms with Gasteiger partial charge in [-0.15, -0.1) is 0 Å². The molecule has 1 aromatic rings. The number of halogens is 1. The van der Waals surface area contributed by atoms with Crippen LogP contribution in [0.4, 0.5) is 0 Å². The molecule has 4 N–H and O–H groups in total. The molecule has 1 aromatic carbocycles. The molecule has 2 amide bonds. The monoisotopic (exact) mass is 686 g/mol. The van der Waals surface area contributed by atoms with Crippen molar-refractivity contribution < 1.29 is 39.2 Å². The quantitative estimate of drug-likeness (QED) is 0.183. The van der Waals surface area contributed by atoms with Crippen molar-refractivity contribution in [3.63, 3.8) is 0 Å². The summed E-state index contributed by atoms with van der Waals surface area (Å²) in [6.45, 7) is 1.17. The van der Waals surface area contributed by atoms with Gasteiger partial charge in [0.2, 0.25) is 11.8 Å². The van der Waals surface area contributed by atoms with Crippen LogP contribution in [-0.4, -0.2) is 82.4 Å². The first-order valence-corrected chi connectivity index (χ1v) is 15.5. The SMILES string of the molecule is COc1cc(CO)cc(I)c1OC1C=C(C(=O)NCCO)CC(N(C(=O)CCCC(C)=O)C2CCCCCC2)C1O. The molecular formula is C30H43IN2O8. The second-order valence-electron chi connectivity index (χ2n) is 10.8. The van der Waals surface area contributed by atoms with Crippen LogP contribution in [0, 0.1) is 3.57 Å². The van der Waals surface area contributed by atoms with Crippen molar-refractivity contribution in [2.45, 2.75) is 102 Å². The number of aliphatic hydroxyl groups excluding tert-OH is 3. The number of methoxy groups -OCH3 is 1. The van der Waals surface area contributed by atoms with Gasteiger partial charge in [-0.1, -0.05) is 25.7 Å². The number of rotatable bonds is 13. The van der Waals surface area contributed by atoms with Gasteiger partial charge in [0.1, 0.15) is 18.0 Å². The summed E-state index contributed by atoms with van der Waals surface area (Å²) in [6, 6.07) is 2.58. The van der Waals surface area contributed by atoms with E-state index >= 15 is 0 Å². The Labute approximate surface area is 255 Å². The Balaban J connectivity index is 2.01. The van der Waals surface area contributed by atoms with Gasteiger partial charge < -0.3 is 39.8 Å². The number of hydrogen-bond donors (Lipinski definition) is 4. The zero-order valence-corrected chi connectivity index (χ0v) is 26.1. The van der Waals surface area contributed by atoms with Crippen molar-refractivity contribution in [3.05, 3.63) is 32.9 Å². The lowest BCUT2D eigenvalue weighted by atomic mass is 9.86. The summed E-state index contributed by atoms with van der Waals surface area (Å²) < 4.78 is 12.5. The molecule has 0 aromatic heterocycles. The van der Waals surface area contributed by atoms with E-state index in [0.29, 0.717) is 39.0 Å². The summed E-state index contributed by atoms with van der Waals surface area (Å²) in [5, 5.41) is 33.3. The molecule has 228 valence electrons. The molecule has 0 heterocycles. The number of ether oxygens (including phenoxy) is 2. The van der Waals surface area contributed by atoms with Crippen molar-refractivity contribution in [3.8, 4) is 11.5 Å². The van der Waals surface area contributed by atoms with Gasteiger partial charge in [-0.25, -0.2) is 0 Å². The Morgan fingerprint density at radius 2 is 1.80 bits per heavy atom. The Bertz CT molecular complexity index is 1090. The average Bonchev–Trinajstić information content (AvgIpc) is 3.23. The predicted molar refractivity (Wildman–Crippen MR) is 162 cm³/mol. The number of benzene rings is 1. The van der Waals surface area contributed by atoms with Crippen molar-refractivity contribution in [2.75, 3.05) is 20.3 Å². The highest BCUT2D eigenvalue weighted by atomic mass is 127. The first-order valence-electron chi connectivity index (χ1n) is 14.4. The number of amides is 2. The van der Waals surface area contributed by atoms with Crippen LogP contribution >= 0.6 is 22.6 Å². The lowest BCUT2D eigenvalue weighted by Gasteiger charge is -2.44. The van der Waals surface area contributed by atoms with Crippen LogP contribution in [-0.2, 0) is 21.0 Å². The summed E-state index contributed by atoms with van der Waals surface area (Å²) >= 11 is 2.07. The van der Waals surface area contributed by atoms with Gasteiger partial charge in [-0.2, -0.15) is 0 Å². The van der Waals surface area contributed by atoms with Crippen LogP contribution in [0.2, 0.25) is 0 Å². The maximum atomic E-state index is 13.8. The van der Waals surface area contributed by atoms with Crippen molar-refractivity contribution in [1.29, 1.82) is 0 Å². The van der Waals surface area contributed by atoms with Gasteiger partial charge >= 0.3 is 0 Å². The fourth-order valence-electron chi connectivity index (χ4n) is 5.68. The maximum absolute atomic E-state index is 13.8. The van der Waals surface area contributed by atoms with Crippen LogP contribution in [0.15, 0.2) is 23.8 Å². The summed E-state index contributed by atoms with van der Waals surface area (Å²) in [6.07, 6.45) is 6.19. The summed E-state index contributed by atoms with van der Waals surface area (Å²) in [5.74, 6) is 0.210. The molecule has 3 unspecified atom stereocenters. The van der Waals surface area contributed by atoms with Gasteiger partial charge in [0.15, 0.2) is 11.5 Å². The molecule has 1 saturated carbocycles. The Morgan fingerprint density at radius 3 is 2.41 bits per heavy atom. The number of aliphatic hydroxyl groups is 3. The van der Waals surface area contributed by atoms with Crippen LogP contribution in [0.25, 0.3) is 0 Å². The van der Waals surface area contributed by atoms with Gasteiger partial charge in [-0.05, 0) is 72.5 Å². The second-order valence-corrected chi connectivity index (χ2v) is 11.9. The van der Waals surface area contributed by atoms with Crippen LogP contribution in [0.5, 0.6) is 11.5 Å². The lowest BCUT2D eigenvalue weighted by molar-refractivity contribution is -0.142. The largest absolute Gasteiger partial charge is 0.493 e. The molecule has 3 atom stereocenters. The summed E-state index contributed by atoms with van der Waals surface area (Å²) in [5.41, 5.74) is 0.992. The molecule has 0 aliphatic heterocycles. The zero-order valence-electron chi connectivity index (χ0n) is 23.9. The third-order valence-electron chi connectivity index (χ3n) is 7.72. The van der Waals surface area contributed by atoms with Gasteiger partial charge in [0.25, 0.3) is 0 Å². The molecule has 0 bridgehead atoms. The average molecular weight is 687 g/mol. The second kappa shape index (κ2) is 16.4. The number of carbonyl (C=O) groups excluding carboxylic acids is 3. The molecule has 2 aliphatic carbocycles. The minimum atomic E-state index is -1.15. The predicted octanol–water partition coefficient (Wildman–Crippen LogP) is 3.02. The van der Waals surface area contributed by atoms with E-state index in [9.17, 15) is 29.7 Å². The molecule has 11 heteroatoms. The van der Waals surface area contributed by atoms with E-state index in [2.05, 4.69) is 27.9 Å². The highest BCUT2D eigenvalue weighted by molar-refractivity contribution is 14.1. The van der Waals surface area contributed by atoms with Gasteiger partial charge in [0.05, 0.1) is 29.9 Å². The number of ketones is 1. The molecule has 0 saturated heterocycles. The molecule has 3 rings (SSSR count). The number of hydrogen-bond acceptors (Lipinski definition) is 8. The Hall–Kier alpha value is -2.22. The molecule has 0 radical (unpaired) electrons. The number of nitrogens with one attached hydrogen (secondary N) is 1. The highest BCUT2D eigenvalue weighted by Gasteiger charge is 2.43. The fourth-order valence-corrected chi connectivity index (χ4v) is 6.47. The zero-order chi connectivity index (χ0) is 29.9. The summed E-state index contributed by atoms with van der Waals surface area (Å²) in [4.78, 5) is 40.2. The normalized spacial score (nSPS) is 21.4. The van der Waals surface area contributed by atoms with Crippen molar-refractivity contribution >= 4 is 40.2 Å². The topological polar surface area (TPSA) is 146 Å². The maximum Gasteiger partial charge on any atom is 0.247 e. The summed E-state index contributed by atoms with van der Waals surface area (Å²) in [7, 11) is 1.48. The number of Topliss-reactive ketones (excluding diaryl/α,β-unsaturated/α-hetero) is 1. The van der Waals surface area contributed by atoms with Gasteiger partial charge in [-0.3, -0.25) is 9.59 Å². The Kier molecular flexibility index (Phi) is 13.3. The standard InChI is InChI=1S/C30H43IN2O8/c1-19(36)8-7-11-27(37)33(22-9-5-3-4-6-10-22)24-16-21(30(39)32-12-13-34)17-25(28(24)38)41-29-23(31)14-20(18-35)15-26(29)40-2/h14-15,17,22,24-25,28,34-35,38H,3-13,16,18H2,1-2H3,(H,32,39). The minimum absolute atomic E-state index is 0.0199. The molecule has 1 fully saturated rings. The van der Waals surface area contributed by atoms with E-state index in [-0.39, 0.29) is 50.3 Å². The number of carbonyl (C=O) groups is 3. The van der Waals surface area contributed by atoms with E-state index in [1.54, 1.807) is 23.1 Å². The highest BCUT2D eigenvalue weighted by Crippen LogP contribution is 2.38. The van der Waals surface area contributed by atoms with Crippen LogP contribution in [0.1, 0.15) is 76.7 Å². The van der Waals surface area contributed by atoms with E-state index in [4.69, 9.17) is 9.47 Å². The number of nitrogens with zero attached hydrogens (tertiary/aromatic N) is 1. The van der Waals surface area contributed by atoms with E-state index in [1.165, 1.54) is 14.0 Å². The minimum Gasteiger partial charge on any atom is -0.493 e. The molecular weight excluding hydrogens is 643 g/mol. The molecule has 0 spiro atoms. The van der Waals surface area contributed by atoms with Crippen molar-refractivity contribution in [1.82, 2.24) is 10.2 Å². The Morgan fingerprint density at radius 1 is 1.10 bits per heavy atom. The van der Waals surface area contributed by atoms with E-state index in [0.717, 1.165) is 38.5 Å². The van der Waals surface area contributed by atoms with E-state index in [1.807, 2.05) is 0 Å². The first kappa shape index (κ1) is 33.3. The van der Waals surface area contributed by atoms with E-state index < -0.39 is 24.2 Å². The van der Waals surface area contributed by atoms with Crippen LogP contribution in [0.3, 0.4) is 0 Å². The van der Waals surface area contributed by atoms with Gasteiger partial charge in [0, 0.05) is 37.4 Å². The first-order chi connectivity index (χ1) is 19.7.